The van der Waals surface area contributed by atoms with Gasteiger partial charge in [-0.2, -0.15) is 0 Å². The standard InChI is InChI=1S/C15H16BrNO/c16-14-3-1-13-8-15(4-2-12(13)7-14)18-6-5-11-9-17-10-11/h1-4,7-8,11,17H,5-6,9-10H2. The molecule has 1 heterocycles. The number of ether oxygens (including phenoxy) is 1. The van der Waals surface area contributed by atoms with Crippen molar-refractivity contribution in [3.8, 4) is 5.75 Å². The minimum Gasteiger partial charge on any atom is -0.494 e. The number of rotatable bonds is 4. The first-order valence-corrected chi connectivity index (χ1v) is 7.13. The lowest BCUT2D eigenvalue weighted by atomic mass is 10.0. The van der Waals surface area contributed by atoms with Crippen LogP contribution in [-0.4, -0.2) is 19.7 Å². The zero-order chi connectivity index (χ0) is 12.4. The number of benzene rings is 2. The molecule has 1 saturated heterocycles. The molecule has 0 aliphatic carbocycles. The summed E-state index contributed by atoms with van der Waals surface area (Å²) in [5.41, 5.74) is 0. The van der Waals surface area contributed by atoms with Gasteiger partial charge in [-0.1, -0.05) is 28.1 Å². The van der Waals surface area contributed by atoms with E-state index in [1.54, 1.807) is 0 Å². The third-order valence-corrected chi connectivity index (χ3v) is 3.93. The van der Waals surface area contributed by atoms with Crippen LogP contribution in [0.5, 0.6) is 5.75 Å². The van der Waals surface area contributed by atoms with Crippen molar-refractivity contribution in [2.75, 3.05) is 19.7 Å². The highest BCUT2D eigenvalue weighted by molar-refractivity contribution is 9.10. The molecule has 0 radical (unpaired) electrons. The summed E-state index contributed by atoms with van der Waals surface area (Å²) in [6.45, 7) is 3.11. The van der Waals surface area contributed by atoms with Crippen molar-refractivity contribution >= 4 is 26.7 Å². The molecule has 3 heteroatoms. The number of hydrogen-bond donors (Lipinski definition) is 1. The average Bonchev–Trinajstić information content (AvgIpc) is 2.32. The average molecular weight is 306 g/mol. The fourth-order valence-electron chi connectivity index (χ4n) is 2.18. The van der Waals surface area contributed by atoms with Crippen molar-refractivity contribution in [2.24, 2.45) is 5.92 Å². The molecule has 0 spiro atoms. The Labute approximate surface area is 115 Å². The molecule has 94 valence electrons. The second-order valence-corrected chi connectivity index (χ2v) is 5.73. The molecule has 0 aromatic heterocycles. The molecule has 3 rings (SSSR count). The van der Waals surface area contributed by atoms with Crippen molar-refractivity contribution in [3.05, 3.63) is 40.9 Å². The number of hydrogen-bond acceptors (Lipinski definition) is 2. The Bertz CT molecular complexity index is 551. The van der Waals surface area contributed by atoms with E-state index in [4.69, 9.17) is 4.74 Å². The topological polar surface area (TPSA) is 21.3 Å². The number of fused-ring (bicyclic) bond motifs is 1. The van der Waals surface area contributed by atoms with Crippen LogP contribution in [0.15, 0.2) is 40.9 Å². The van der Waals surface area contributed by atoms with Crippen molar-refractivity contribution in [2.45, 2.75) is 6.42 Å². The highest BCUT2D eigenvalue weighted by Crippen LogP contribution is 2.24. The monoisotopic (exact) mass is 305 g/mol. The van der Waals surface area contributed by atoms with Gasteiger partial charge in [0.05, 0.1) is 6.61 Å². The zero-order valence-corrected chi connectivity index (χ0v) is 11.7. The molecule has 1 N–H and O–H groups in total. The van der Waals surface area contributed by atoms with Gasteiger partial charge in [-0.15, -0.1) is 0 Å². The van der Waals surface area contributed by atoms with Gasteiger partial charge >= 0.3 is 0 Å². The Morgan fingerprint density at radius 1 is 1.11 bits per heavy atom. The molecule has 2 aromatic carbocycles. The van der Waals surface area contributed by atoms with Crippen LogP contribution in [-0.2, 0) is 0 Å². The molecular formula is C15H16BrNO. The van der Waals surface area contributed by atoms with Crippen LogP contribution >= 0.6 is 15.9 Å². The Hall–Kier alpha value is -1.06. The van der Waals surface area contributed by atoms with Gasteiger partial charge in [0.1, 0.15) is 5.75 Å². The van der Waals surface area contributed by atoms with Crippen LogP contribution < -0.4 is 10.1 Å². The third kappa shape index (κ3) is 2.68. The van der Waals surface area contributed by atoms with Gasteiger partial charge in [0.2, 0.25) is 0 Å². The van der Waals surface area contributed by atoms with Crippen LogP contribution in [0, 0.1) is 5.92 Å². The first-order chi connectivity index (χ1) is 8.81. The minimum absolute atomic E-state index is 0.807. The van der Waals surface area contributed by atoms with E-state index >= 15 is 0 Å². The molecule has 0 unspecified atom stereocenters. The van der Waals surface area contributed by atoms with Crippen molar-refractivity contribution in [3.63, 3.8) is 0 Å². The SMILES string of the molecule is Brc1ccc2cc(OCCC3CNC3)ccc2c1. The van der Waals surface area contributed by atoms with E-state index < -0.39 is 0 Å². The highest BCUT2D eigenvalue weighted by atomic mass is 79.9. The summed E-state index contributed by atoms with van der Waals surface area (Å²) >= 11 is 3.49. The van der Waals surface area contributed by atoms with Crippen LogP contribution in [0.25, 0.3) is 10.8 Å². The fraction of sp³-hybridized carbons (Fsp3) is 0.333. The van der Waals surface area contributed by atoms with Crippen LogP contribution in [0.4, 0.5) is 0 Å². The van der Waals surface area contributed by atoms with Gasteiger partial charge in [0.15, 0.2) is 0 Å². The van der Waals surface area contributed by atoms with E-state index in [9.17, 15) is 0 Å². The molecule has 1 fully saturated rings. The van der Waals surface area contributed by atoms with Crippen molar-refractivity contribution in [1.29, 1.82) is 0 Å². The van der Waals surface area contributed by atoms with Gasteiger partial charge in [-0.25, -0.2) is 0 Å². The van der Waals surface area contributed by atoms with Crippen molar-refractivity contribution in [1.82, 2.24) is 5.32 Å². The lowest BCUT2D eigenvalue weighted by Crippen LogP contribution is -2.42. The second-order valence-electron chi connectivity index (χ2n) is 4.81. The van der Waals surface area contributed by atoms with Crippen molar-refractivity contribution < 1.29 is 4.74 Å². The molecule has 2 aromatic rings. The molecule has 0 bridgehead atoms. The summed E-state index contributed by atoms with van der Waals surface area (Å²) < 4.78 is 6.92. The summed E-state index contributed by atoms with van der Waals surface area (Å²) in [6, 6.07) is 12.6. The molecule has 18 heavy (non-hydrogen) atoms. The number of nitrogens with one attached hydrogen (secondary N) is 1. The summed E-state index contributed by atoms with van der Waals surface area (Å²) in [5, 5.41) is 5.74. The van der Waals surface area contributed by atoms with Gasteiger partial charge in [0.25, 0.3) is 0 Å². The normalized spacial score (nSPS) is 15.6. The van der Waals surface area contributed by atoms with E-state index in [0.29, 0.717) is 0 Å². The smallest absolute Gasteiger partial charge is 0.119 e. The summed E-state index contributed by atoms with van der Waals surface area (Å²) in [4.78, 5) is 0. The molecule has 0 atom stereocenters. The van der Waals surface area contributed by atoms with Gasteiger partial charge in [-0.3, -0.25) is 0 Å². The summed E-state index contributed by atoms with van der Waals surface area (Å²) in [6.07, 6.45) is 1.14. The second kappa shape index (κ2) is 5.29. The predicted molar refractivity (Wildman–Crippen MR) is 78.1 cm³/mol. The largest absolute Gasteiger partial charge is 0.494 e. The van der Waals surface area contributed by atoms with E-state index in [2.05, 4.69) is 51.6 Å². The molecule has 1 aliphatic rings. The van der Waals surface area contributed by atoms with Crippen LogP contribution in [0.1, 0.15) is 6.42 Å². The number of halogens is 1. The molecular weight excluding hydrogens is 290 g/mol. The Morgan fingerprint density at radius 2 is 1.89 bits per heavy atom. The van der Waals surface area contributed by atoms with Gasteiger partial charge in [-0.05, 0) is 60.5 Å². The first kappa shape index (κ1) is 12.0. The Balaban J connectivity index is 1.66. The van der Waals surface area contributed by atoms with E-state index in [-0.39, 0.29) is 0 Å². The summed E-state index contributed by atoms with van der Waals surface area (Å²) in [5.74, 6) is 1.78. The fourth-order valence-corrected chi connectivity index (χ4v) is 2.56. The summed E-state index contributed by atoms with van der Waals surface area (Å²) in [7, 11) is 0. The maximum atomic E-state index is 5.81. The molecule has 2 nitrogen and oxygen atoms in total. The highest BCUT2D eigenvalue weighted by Gasteiger charge is 2.15. The quantitative estimate of drug-likeness (QED) is 0.932. The maximum absolute atomic E-state index is 5.81. The first-order valence-electron chi connectivity index (χ1n) is 6.34. The lowest BCUT2D eigenvalue weighted by Gasteiger charge is -2.26. The van der Waals surface area contributed by atoms with Crippen LogP contribution in [0.2, 0.25) is 0 Å². The Kier molecular flexibility index (Phi) is 3.52. The van der Waals surface area contributed by atoms with Crippen LogP contribution in [0.3, 0.4) is 0 Å². The molecule has 0 saturated carbocycles. The van der Waals surface area contributed by atoms with Gasteiger partial charge in [0, 0.05) is 4.47 Å². The predicted octanol–water partition coefficient (Wildman–Crippen LogP) is 3.59. The molecule has 1 aliphatic heterocycles. The van der Waals surface area contributed by atoms with E-state index in [1.807, 2.05) is 6.07 Å². The lowest BCUT2D eigenvalue weighted by molar-refractivity contribution is 0.238. The Morgan fingerprint density at radius 3 is 2.67 bits per heavy atom. The zero-order valence-electron chi connectivity index (χ0n) is 10.2. The van der Waals surface area contributed by atoms with E-state index in [0.717, 1.165) is 42.3 Å². The van der Waals surface area contributed by atoms with Gasteiger partial charge < -0.3 is 10.1 Å². The van der Waals surface area contributed by atoms with E-state index in [1.165, 1.54) is 10.8 Å². The maximum Gasteiger partial charge on any atom is 0.119 e. The minimum atomic E-state index is 0.807. The third-order valence-electron chi connectivity index (χ3n) is 3.43. The molecule has 0 amide bonds.